The molecule has 0 saturated carbocycles. The van der Waals surface area contributed by atoms with Gasteiger partial charge >= 0.3 is 5.97 Å². The van der Waals surface area contributed by atoms with Crippen LogP contribution in [0.5, 0.6) is 0 Å². The third-order valence-electron chi connectivity index (χ3n) is 4.50. The van der Waals surface area contributed by atoms with Crippen LogP contribution >= 0.6 is 11.3 Å². The molecule has 1 heterocycles. The fourth-order valence-electron chi connectivity index (χ4n) is 3.08. The van der Waals surface area contributed by atoms with Crippen LogP contribution < -0.4 is 0 Å². The topological polar surface area (TPSA) is 70.4 Å². The summed E-state index contributed by atoms with van der Waals surface area (Å²) in [5.41, 5.74) is 3.63. The van der Waals surface area contributed by atoms with E-state index < -0.39 is 12.1 Å². The number of aryl methyl sites for hydroxylation is 2. The van der Waals surface area contributed by atoms with Crippen molar-refractivity contribution in [2.75, 3.05) is 13.6 Å². The van der Waals surface area contributed by atoms with Gasteiger partial charge in [-0.2, -0.15) is 5.26 Å². The fourth-order valence-corrected chi connectivity index (χ4v) is 4.23. The number of nitriles is 1. The van der Waals surface area contributed by atoms with Gasteiger partial charge in [0.1, 0.15) is 4.88 Å². The molecule has 1 amide bonds. The minimum Gasteiger partial charge on any atom is -0.448 e. The van der Waals surface area contributed by atoms with E-state index in [4.69, 9.17) is 10.00 Å². The Bertz CT molecular complexity index is 881. The number of hydrogen-bond acceptors (Lipinski definition) is 5. The molecule has 0 unspecified atom stereocenters. The quantitative estimate of drug-likeness (QED) is 0.758. The molecule has 134 valence electrons. The first-order valence-corrected chi connectivity index (χ1v) is 9.36. The summed E-state index contributed by atoms with van der Waals surface area (Å²) in [6.45, 7) is 1.88. The standard InChI is InChI=1S/C20H20N2O3S/c1-13(19(23)22(2)11-5-10-21)25-20(24)17-12-15-9-8-14-6-3-4-7-16(14)18(15)26-17/h3-4,6-7,12-13H,5,8-9,11H2,1-2H3/t13-/m0/s1. The molecule has 6 heteroatoms. The third kappa shape index (κ3) is 3.63. The van der Waals surface area contributed by atoms with Gasteiger partial charge < -0.3 is 9.64 Å². The van der Waals surface area contributed by atoms with Gasteiger partial charge in [-0.1, -0.05) is 24.3 Å². The number of rotatable bonds is 5. The maximum atomic E-state index is 12.5. The first kappa shape index (κ1) is 18.2. The number of nitrogens with zero attached hydrogens (tertiary/aromatic N) is 2. The van der Waals surface area contributed by atoms with Crippen LogP contribution in [-0.2, 0) is 22.4 Å². The first-order chi connectivity index (χ1) is 12.5. The van der Waals surface area contributed by atoms with E-state index in [9.17, 15) is 9.59 Å². The second-order valence-corrected chi connectivity index (χ2v) is 7.39. The molecule has 0 bridgehead atoms. The summed E-state index contributed by atoms with van der Waals surface area (Å²) in [6.07, 6.45) is 1.24. The Morgan fingerprint density at radius 1 is 1.31 bits per heavy atom. The van der Waals surface area contributed by atoms with Gasteiger partial charge in [-0.15, -0.1) is 11.3 Å². The molecule has 2 aromatic rings. The largest absolute Gasteiger partial charge is 0.448 e. The van der Waals surface area contributed by atoms with Crippen molar-refractivity contribution in [1.29, 1.82) is 5.26 Å². The highest BCUT2D eigenvalue weighted by molar-refractivity contribution is 7.17. The molecule has 0 saturated heterocycles. The predicted molar refractivity (Wildman–Crippen MR) is 99.9 cm³/mol. The van der Waals surface area contributed by atoms with Crippen molar-refractivity contribution in [2.24, 2.45) is 0 Å². The normalized spacial score (nSPS) is 13.1. The summed E-state index contributed by atoms with van der Waals surface area (Å²) in [7, 11) is 1.60. The Hall–Kier alpha value is -2.65. The number of hydrogen-bond donors (Lipinski definition) is 0. The maximum absolute atomic E-state index is 12.5. The Kier molecular flexibility index (Phi) is 5.38. The van der Waals surface area contributed by atoms with Crippen molar-refractivity contribution < 1.29 is 14.3 Å². The second-order valence-electron chi connectivity index (χ2n) is 6.34. The van der Waals surface area contributed by atoms with Crippen molar-refractivity contribution in [3.63, 3.8) is 0 Å². The molecule has 0 radical (unpaired) electrons. The Morgan fingerprint density at radius 2 is 2.04 bits per heavy atom. The summed E-state index contributed by atoms with van der Waals surface area (Å²) in [5.74, 6) is -0.781. The molecule has 0 spiro atoms. The number of fused-ring (bicyclic) bond motifs is 3. The zero-order valence-corrected chi connectivity index (χ0v) is 15.6. The third-order valence-corrected chi connectivity index (χ3v) is 5.69. The van der Waals surface area contributed by atoms with E-state index >= 15 is 0 Å². The highest BCUT2D eigenvalue weighted by Gasteiger charge is 2.25. The van der Waals surface area contributed by atoms with Crippen molar-refractivity contribution in [3.8, 4) is 16.5 Å². The Balaban J connectivity index is 1.71. The average molecular weight is 368 g/mol. The monoisotopic (exact) mass is 368 g/mol. The van der Waals surface area contributed by atoms with Crippen LogP contribution in [0.1, 0.15) is 34.1 Å². The molecule has 1 aliphatic rings. The second kappa shape index (κ2) is 7.71. The van der Waals surface area contributed by atoms with Gasteiger partial charge in [0.25, 0.3) is 5.91 Å². The number of amides is 1. The maximum Gasteiger partial charge on any atom is 0.349 e. The van der Waals surface area contributed by atoms with E-state index in [0.717, 1.165) is 23.3 Å². The summed E-state index contributed by atoms with van der Waals surface area (Å²) < 4.78 is 5.36. The lowest BCUT2D eigenvalue weighted by atomic mass is 9.91. The Morgan fingerprint density at radius 3 is 2.81 bits per heavy atom. The molecule has 1 aromatic heterocycles. The van der Waals surface area contributed by atoms with Crippen LogP contribution in [0.15, 0.2) is 30.3 Å². The summed E-state index contributed by atoms with van der Waals surface area (Å²) in [4.78, 5) is 27.8. The van der Waals surface area contributed by atoms with E-state index in [2.05, 4.69) is 12.1 Å². The van der Waals surface area contributed by atoms with Crippen molar-refractivity contribution in [2.45, 2.75) is 32.3 Å². The lowest BCUT2D eigenvalue weighted by Gasteiger charge is -2.20. The molecule has 26 heavy (non-hydrogen) atoms. The minimum absolute atomic E-state index is 0.250. The zero-order valence-electron chi connectivity index (χ0n) is 14.8. The van der Waals surface area contributed by atoms with Crippen molar-refractivity contribution in [3.05, 3.63) is 46.3 Å². The molecule has 0 fully saturated rings. The SMILES string of the molecule is C[C@H](OC(=O)c1cc2c(s1)-c1ccccc1CC2)C(=O)N(C)CCC#N. The molecule has 5 nitrogen and oxygen atoms in total. The highest BCUT2D eigenvalue weighted by atomic mass is 32.1. The minimum atomic E-state index is -0.877. The molecule has 1 aromatic carbocycles. The van der Waals surface area contributed by atoms with Crippen LogP contribution in [0.2, 0.25) is 0 Å². The van der Waals surface area contributed by atoms with Crippen LogP contribution in [0.25, 0.3) is 10.4 Å². The first-order valence-electron chi connectivity index (χ1n) is 8.55. The number of carbonyl (C=O) groups is 2. The predicted octanol–water partition coefficient (Wildman–Crippen LogP) is 3.43. The number of esters is 1. The summed E-state index contributed by atoms with van der Waals surface area (Å²) in [6, 6.07) is 12.1. The van der Waals surface area contributed by atoms with Crippen LogP contribution in [0.3, 0.4) is 0 Å². The summed E-state index contributed by atoms with van der Waals surface area (Å²) >= 11 is 1.42. The number of carbonyl (C=O) groups excluding carboxylic acids is 2. The fraction of sp³-hybridized carbons (Fsp3) is 0.350. The van der Waals surface area contributed by atoms with E-state index in [1.165, 1.54) is 27.4 Å². The molecule has 1 atom stereocenters. The van der Waals surface area contributed by atoms with Gasteiger partial charge in [-0.05, 0) is 42.5 Å². The van der Waals surface area contributed by atoms with E-state index in [0.29, 0.717) is 11.4 Å². The molecule has 1 aliphatic carbocycles. The number of thiophene rings is 1. The van der Waals surface area contributed by atoms with Gasteiger partial charge in [-0.25, -0.2) is 4.79 Å². The van der Waals surface area contributed by atoms with Gasteiger partial charge in [0.05, 0.1) is 12.5 Å². The number of benzene rings is 1. The highest BCUT2D eigenvalue weighted by Crippen LogP contribution is 2.39. The van der Waals surface area contributed by atoms with Crippen molar-refractivity contribution in [1.82, 2.24) is 4.90 Å². The molecular formula is C20H20N2O3S. The molecule has 0 aliphatic heterocycles. The number of ether oxygens (including phenoxy) is 1. The lowest BCUT2D eigenvalue weighted by molar-refractivity contribution is -0.138. The molecule has 3 rings (SSSR count). The molecular weight excluding hydrogens is 348 g/mol. The van der Waals surface area contributed by atoms with Crippen LogP contribution in [-0.4, -0.2) is 36.5 Å². The van der Waals surface area contributed by atoms with Crippen LogP contribution in [0.4, 0.5) is 0 Å². The summed E-state index contributed by atoms with van der Waals surface area (Å²) in [5, 5.41) is 8.61. The van der Waals surface area contributed by atoms with Crippen LogP contribution in [0, 0.1) is 11.3 Å². The van der Waals surface area contributed by atoms with Gasteiger partial charge in [0.15, 0.2) is 6.10 Å². The molecule has 0 N–H and O–H groups in total. The van der Waals surface area contributed by atoms with Crippen molar-refractivity contribution >= 4 is 23.2 Å². The van der Waals surface area contributed by atoms with E-state index in [1.54, 1.807) is 14.0 Å². The van der Waals surface area contributed by atoms with Gasteiger partial charge in [-0.3, -0.25) is 4.79 Å². The van der Waals surface area contributed by atoms with E-state index in [-0.39, 0.29) is 12.3 Å². The van der Waals surface area contributed by atoms with Gasteiger partial charge in [0, 0.05) is 18.5 Å². The lowest BCUT2D eigenvalue weighted by Crippen LogP contribution is -2.37. The zero-order chi connectivity index (χ0) is 18.7. The van der Waals surface area contributed by atoms with E-state index in [1.807, 2.05) is 24.3 Å². The average Bonchev–Trinajstić information content (AvgIpc) is 3.10. The van der Waals surface area contributed by atoms with Gasteiger partial charge in [0.2, 0.25) is 0 Å². The smallest absolute Gasteiger partial charge is 0.349 e. The number of likely N-dealkylation sites (N-methyl/N-ethyl adjacent to an activating group) is 1. The Labute approximate surface area is 156 Å².